The third-order valence-corrected chi connectivity index (χ3v) is 2.79. The van der Waals surface area contributed by atoms with E-state index < -0.39 is 0 Å². The molecular weight excluding hydrogens is 258 g/mol. The Balaban J connectivity index is 1.87. The maximum atomic E-state index is 12.0. The summed E-state index contributed by atoms with van der Waals surface area (Å²) in [7, 11) is 0. The highest BCUT2D eigenvalue weighted by Crippen LogP contribution is 2.20. The maximum Gasteiger partial charge on any atom is 0.261 e. The Kier molecular flexibility index (Phi) is 2.83. The van der Waals surface area contributed by atoms with Gasteiger partial charge in [0.2, 0.25) is 0 Å². The molecule has 100 valence electrons. The Labute approximate surface area is 114 Å². The molecule has 0 atom stereocenters. The number of pyridine rings is 1. The number of benzene rings is 1. The number of nitrogens with zero attached hydrogens (tertiary/aromatic N) is 2. The average molecular weight is 269 g/mol. The van der Waals surface area contributed by atoms with Gasteiger partial charge in [-0.25, -0.2) is 4.98 Å². The van der Waals surface area contributed by atoms with Gasteiger partial charge in [-0.2, -0.15) is 4.73 Å². The van der Waals surface area contributed by atoms with E-state index in [1.807, 2.05) is 0 Å². The molecule has 20 heavy (non-hydrogen) atoms. The van der Waals surface area contributed by atoms with Crippen LogP contribution in [-0.4, -0.2) is 10.9 Å². The van der Waals surface area contributed by atoms with Gasteiger partial charge in [-0.15, -0.1) is 0 Å². The van der Waals surface area contributed by atoms with E-state index in [9.17, 15) is 10.0 Å². The zero-order chi connectivity index (χ0) is 14.1. The number of amides is 1. The lowest BCUT2D eigenvalue weighted by Gasteiger charge is -2.04. The molecule has 0 aliphatic heterocycles. The van der Waals surface area contributed by atoms with Crippen molar-refractivity contribution in [3.05, 3.63) is 59.4 Å². The van der Waals surface area contributed by atoms with Gasteiger partial charge < -0.3 is 14.9 Å². The number of oxazole rings is 1. The van der Waals surface area contributed by atoms with Gasteiger partial charge >= 0.3 is 0 Å². The van der Waals surface area contributed by atoms with E-state index in [4.69, 9.17) is 4.42 Å². The summed E-state index contributed by atoms with van der Waals surface area (Å²) in [5, 5.41) is 13.9. The number of hydrogen-bond donors (Lipinski definition) is 1. The monoisotopic (exact) mass is 269 g/mol. The van der Waals surface area contributed by atoms with Crippen molar-refractivity contribution in [2.24, 2.45) is 0 Å². The molecule has 2 aromatic heterocycles. The largest absolute Gasteiger partial charge is 0.619 e. The van der Waals surface area contributed by atoms with Crippen molar-refractivity contribution >= 4 is 22.7 Å². The van der Waals surface area contributed by atoms with Gasteiger partial charge in [0, 0.05) is 18.7 Å². The van der Waals surface area contributed by atoms with Crippen molar-refractivity contribution in [3.8, 4) is 0 Å². The van der Waals surface area contributed by atoms with E-state index in [-0.39, 0.29) is 5.91 Å². The Morgan fingerprint density at radius 2 is 2.25 bits per heavy atom. The highest BCUT2D eigenvalue weighted by Gasteiger charge is 2.10. The van der Waals surface area contributed by atoms with Crippen molar-refractivity contribution in [1.29, 1.82) is 0 Å². The van der Waals surface area contributed by atoms with Crippen molar-refractivity contribution in [2.45, 2.75) is 6.92 Å². The predicted molar refractivity (Wildman–Crippen MR) is 72.1 cm³/mol. The van der Waals surface area contributed by atoms with Gasteiger partial charge in [-0.1, -0.05) is 0 Å². The van der Waals surface area contributed by atoms with Crippen molar-refractivity contribution in [2.75, 3.05) is 5.32 Å². The molecule has 6 heteroatoms. The number of carbonyl (C=O) groups excluding carboxylic acids is 1. The molecule has 3 aromatic rings. The van der Waals surface area contributed by atoms with Gasteiger partial charge in [-0.05, 0) is 24.3 Å². The maximum absolute atomic E-state index is 12.0. The summed E-state index contributed by atoms with van der Waals surface area (Å²) in [5.41, 5.74) is 2.22. The lowest BCUT2D eigenvalue weighted by Crippen LogP contribution is -2.27. The first-order valence-corrected chi connectivity index (χ1v) is 5.99. The van der Waals surface area contributed by atoms with Crippen LogP contribution in [0.2, 0.25) is 0 Å². The minimum absolute atomic E-state index is 0.291. The third kappa shape index (κ3) is 2.31. The van der Waals surface area contributed by atoms with Crippen LogP contribution in [0.15, 0.2) is 47.1 Å². The first kappa shape index (κ1) is 12.2. The third-order valence-electron chi connectivity index (χ3n) is 2.79. The molecule has 0 aliphatic rings. The Bertz CT molecular complexity index is 795. The second kappa shape index (κ2) is 4.65. The van der Waals surface area contributed by atoms with Crippen LogP contribution in [0.5, 0.6) is 0 Å². The van der Waals surface area contributed by atoms with Crippen LogP contribution in [0.1, 0.15) is 16.2 Å². The summed E-state index contributed by atoms with van der Waals surface area (Å²) in [4.78, 5) is 16.2. The second-order valence-corrected chi connectivity index (χ2v) is 4.32. The molecule has 3 rings (SSSR count). The molecule has 1 amide bonds. The lowest BCUT2D eigenvalue weighted by molar-refractivity contribution is -0.605. The predicted octanol–water partition coefficient (Wildman–Crippen LogP) is 2.02. The minimum atomic E-state index is -0.352. The summed E-state index contributed by atoms with van der Waals surface area (Å²) in [6, 6.07) is 8.27. The van der Waals surface area contributed by atoms with Crippen molar-refractivity contribution in [1.82, 2.24) is 4.98 Å². The number of anilines is 1. The first-order chi connectivity index (χ1) is 9.61. The molecule has 1 N–H and O–H groups in total. The van der Waals surface area contributed by atoms with Crippen LogP contribution < -0.4 is 10.0 Å². The lowest BCUT2D eigenvalue weighted by atomic mass is 10.2. The van der Waals surface area contributed by atoms with Crippen molar-refractivity contribution < 1.29 is 13.9 Å². The molecule has 0 radical (unpaired) electrons. The van der Waals surface area contributed by atoms with Gasteiger partial charge in [0.1, 0.15) is 11.1 Å². The SMILES string of the molecule is Cc1nc2cc(NC(=O)c3ccc[n+]([O-])c3)ccc2o1. The molecule has 0 bridgehead atoms. The molecule has 6 nitrogen and oxygen atoms in total. The summed E-state index contributed by atoms with van der Waals surface area (Å²) < 4.78 is 5.94. The van der Waals surface area contributed by atoms with E-state index in [1.165, 1.54) is 18.5 Å². The molecule has 1 aromatic carbocycles. The van der Waals surface area contributed by atoms with E-state index >= 15 is 0 Å². The highest BCUT2D eigenvalue weighted by atomic mass is 16.5. The van der Waals surface area contributed by atoms with Crippen LogP contribution in [0, 0.1) is 12.1 Å². The van der Waals surface area contributed by atoms with E-state index in [1.54, 1.807) is 31.2 Å². The summed E-state index contributed by atoms with van der Waals surface area (Å²) >= 11 is 0. The number of nitrogens with one attached hydrogen (secondary N) is 1. The van der Waals surface area contributed by atoms with E-state index in [0.29, 0.717) is 33.0 Å². The number of aryl methyl sites for hydroxylation is 1. The molecule has 2 heterocycles. The molecule has 0 spiro atoms. The van der Waals surface area contributed by atoms with Crippen LogP contribution >= 0.6 is 0 Å². The summed E-state index contributed by atoms with van der Waals surface area (Å²) in [6.07, 6.45) is 2.54. The van der Waals surface area contributed by atoms with Crippen LogP contribution in [0.25, 0.3) is 11.1 Å². The molecule has 0 fully saturated rings. The van der Waals surface area contributed by atoms with Gasteiger partial charge in [-0.3, -0.25) is 4.79 Å². The fourth-order valence-electron chi connectivity index (χ4n) is 1.91. The average Bonchev–Trinajstić information content (AvgIpc) is 2.78. The van der Waals surface area contributed by atoms with Gasteiger partial charge in [0.05, 0.1) is 0 Å². The normalized spacial score (nSPS) is 10.7. The van der Waals surface area contributed by atoms with E-state index in [0.717, 1.165) is 0 Å². The number of hydrogen-bond acceptors (Lipinski definition) is 4. The summed E-state index contributed by atoms with van der Waals surface area (Å²) in [5.74, 6) is 0.216. The van der Waals surface area contributed by atoms with Gasteiger partial charge in [0.25, 0.3) is 5.91 Å². The zero-order valence-corrected chi connectivity index (χ0v) is 10.7. The topological polar surface area (TPSA) is 82.1 Å². The number of aromatic nitrogens is 2. The molecule has 0 saturated carbocycles. The molecule has 0 unspecified atom stereocenters. The second-order valence-electron chi connectivity index (χ2n) is 4.32. The van der Waals surface area contributed by atoms with Crippen molar-refractivity contribution in [3.63, 3.8) is 0 Å². The number of fused-ring (bicyclic) bond motifs is 1. The number of rotatable bonds is 2. The highest BCUT2D eigenvalue weighted by molar-refractivity contribution is 6.04. The van der Waals surface area contributed by atoms with E-state index in [2.05, 4.69) is 10.3 Å². The minimum Gasteiger partial charge on any atom is -0.619 e. The molecule has 0 aliphatic carbocycles. The Morgan fingerprint density at radius 1 is 1.40 bits per heavy atom. The standard InChI is InChI=1S/C14H11N3O3/c1-9-15-12-7-11(4-5-13(12)20-9)16-14(18)10-3-2-6-17(19)8-10/h2-8H,1H3,(H,16,18). The van der Waals surface area contributed by atoms with Gasteiger partial charge in [0.15, 0.2) is 23.9 Å². The smallest absolute Gasteiger partial charge is 0.261 e. The fraction of sp³-hybridized carbons (Fsp3) is 0.0714. The summed E-state index contributed by atoms with van der Waals surface area (Å²) in [6.45, 7) is 1.76. The molecular formula is C14H11N3O3. The Morgan fingerprint density at radius 3 is 3.05 bits per heavy atom. The Hall–Kier alpha value is -2.89. The van der Waals surface area contributed by atoms with Crippen LogP contribution in [0.3, 0.4) is 0 Å². The molecule has 0 saturated heterocycles. The number of carbonyl (C=O) groups is 1. The first-order valence-electron chi connectivity index (χ1n) is 5.99. The quantitative estimate of drug-likeness (QED) is 0.570. The fourth-order valence-corrected chi connectivity index (χ4v) is 1.91. The zero-order valence-electron chi connectivity index (χ0n) is 10.7. The van der Waals surface area contributed by atoms with Crippen LogP contribution in [-0.2, 0) is 0 Å². The van der Waals surface area contributed by atoms with Crippen LogP contribution in [0.4, 0.5) is 5.69 Å².